The first kappa shape index (κ1) is 14.5. The van der Waals surface area contributed by atoms with Crippen LogP contribution in [-0.2, 0) is 0 Å². The second kappa shape index (κ2) is 6.52. The Labute approximate surface area is 122 Å². The minimum absolute atomic E-state index is 0.103. The molecule has 0 atom stereocenters. The van der Waals surface area contributed by atoms with Crippen LogP contribution in [0.15, 0.2) is 10.7 Å². The molecule has 1 aromatic heterocycles. The van der Waals surface area contributed by atoms with Gasteiger partial charge in [-0.05, 0) is 41.1 Å². The molecule has 2 N–H and O–H groups in total. The summed E-state index contributed by atoms with van der Waals surface area (Å²) in [7, 11) is 2.03. The van der Waals surface area contributed by atoms with E-state index in [9.17, 15) is 5.11 Å². The van der Waals surface area contributed by atoms with E-state index in [1.54, 1.807) is 6.20 Å². The van der Waals surface area contributed by atoms with E-state index in [0.717, 1.165) is 42.6 Å². The summed E-state index contributed by atoms with van der Waals surface area (Å²) in [6, 6.07) is 0. The summed E-state index contributed by atoms with van der Waals surface area (Å²) in [5, 5.41) is 12.5. The van der Waals surface area contributed by atoms with Crippen molar-refractivity contribution in [2.24, 2.45) is 5.92 Å². The average Bonchev–Trinajstić information content (AvgIpc) is 2.35. The topological polar surface area (TPSA) is 61.3 Å². The minimum Gasteiger partial charge on any atom is -0.393 e. The molecule has 0 unspecified atom stereocenters. The second-order valence-corrected chi connectivity index (χ2v) is 6.02. The van der Waals surface area contributed by atoms with E-state index in [1.807, 2.05) is 7.05 Å². The molecule has 0 aliphatic heterocycles. The molecule has 0 saturated heterocycles. The number of hydrogen-bond donors (Lipinski definition) is 2. The highest BCUT2D eigenvalue weighted by Gasteiger charge is 2.28. The first-order valence-electron chi connectivity index (χ1n) is 6.75. The van der Waals surface area contributed by atoms with Crippen LogP contribution in [0.25, 0.3) is 0 Å². The van der Waals surface area contributed by atoms with E-state index in [4.69, 9.17) is 0 Å². The first-order valence-corrected chi connectivity index (χ1v) is 7.55. The zero-order valence-corrected chi connectivity index (χ0v) is 13.0. The lowest BCUT2D eigenvalue weighted by molar-refractivity contribution is 0.0464. The maximum atomic E-state index is 9.33. The normalized spacial score (nSPS) is 21.9. The van der Waals surface area contributed by atoms with Gasteiger partial charge < -0.3 is 15.3 Å². The van der Waals surface area contributed by atoms with E-state index < -0.39 is 0 Å². The van der Waals surface area contributed by atoms with Crippen molar-refractivity contribution in [3.05, 3.63) is 10.7 Å². The summed E-state index contributed by atoms with van der Waals surface area (Å²) in [4.78, 5) is 10.9. The van der Waals surface area contributed by atoms with Gasteiger partial charge in [0, 0.05) is 26.3 Å². The monoisotopic (exact) mass is 328 g/mol. The molecule has 5 nitrogen and oxygen atoms in total. The van der Waals surface area contributed by atoms with Crippen molar-refractivity contribution in [1.82, 2.24) is 9.97 Å². The third kappa shape index (κ3) is 3.79. The Bertz CT molecular complexity index is 423. The Balaban J connectivity index is 2.00. The summed E-state index contributed by atoms with van der Waals surface area (Å²) >= 11 is 3.50. The molecule has 0 spiro atoms. The number of nitrogens with zero attached hydrogens (tertiary/aromatic N) is 3. The lowest BCUT2D eigenvalue weighted by Gasteiger charge is -2.35. The number of aliphatic hydroxyl groups is 1. The molecule has 2 rings (SSSR count). The van der Waals surface area contributed by atoms with E-state index in [1.165, 1.54) is 0 Å². The van der Waals surface area contributed by atoms with Gasteiger partial charge in [-0.1, -0.05) is 6.92 Å². The Morgan fingerprint density at radius 2 is 2.26 bits per heavy atom. The third-order valence-electron chi connectivity index (χ3n) is 3.36. The Morgan fingerprint density at radius 1 is 1.53 bits per heavy atom. The molecule has 0 radical (unpaired) electrons. The van der Waals surface area contributed by atoms with Crippen LogP contribution in [-0.4, -0.2) is 41.3 Å². The second-order valence-electron chi connectivity index (χ2n) is 5.16. The maximum absolute atomic E-state index is 9.33. The lowest BCUT2D eigenvalue weighted by Crippen LogP contribution is -2.37. The number of rotatable bonds is 6. The van der Waals surface area contributed by atoms with Crippen LogP contribution in [0, 0.1) is 5.92 Å². The van der Waals surface area contributed by atoms with Crippen LogP contribution in [0.5, 0.6) is 0 Å². The van der Waals surface area contributed by atoms with Crippen molar-refractivity contribution in [3.63, 3.8) is 0 Å². The molecular formula is C13H21BrN4O. The Hall–Kier alpha value is -0.880. The SMILES string of the molecule is CCCNc1ncc(Br)c(N(C)CC2CC(O)C2)n1. The largest absolute Gasteiger partial charge is 0.393 e. The van der Waals surface area contributed by atoms with Crippen molar-refractivity contribution >= 4 is 27.7 Å². The molecule has 1 aromatic rings. The zero-order chi connectivity index (χ0) is 13.8. The highest BCUT2D eigenvalue weighted by atomic mass is 79.9. The predicted octanol–water partition coefficient (Wildman–Crippen LogP) is 2.27. The first-order chi connectivity index (χ1) is 9.10. The van der Waals surface area contributed by atoms with Gasteiger partial charge in [0.05, 0.1) is 10.6 Å². The molecule has 1 saturated carbocycles. The van der Waals surface area contributed by atoms with Gasteiger partial charge in [0.1, 0.15) is 5.82 Å². The van der Waals surface area contributed by atoms with E-state index in [2.05, 4.69) is 43.0 Å². The highest BCUT2D eigenvalue weighted by Crippen LogP contribution is 2.30. The molecule has 1 heterocycles. The predicted molar refractivity (Wildman–Crippen MR) is 80.5 cm³/mol. The number of halogens is 1. The standard InChI is InChI=1S/C13H21BrN4O/c1-3-4-15-13-16-7-11(14)12(17-13)18(2)8-9-5-10(19)6-9/h7,9-10,19H,3-6,8H2,1-2H3,(H,15,16,17). The molecule has 1 aliphatic carbocycles. The fourth-order valence-electron chi connectivity index (χ4n) is 2.27. The smallest absolute Gasteiger partial charge is 0.224 e. The molecule has 0 aromatic carbocycles. The summed E-state index contributed by atoms with van der Waals surface area (Å²) in [6.45, 7) is 3.90. The Kier molecular flexibility index (Phi) is 4.99. The average molecular weight is 329 g/mol. The fourth-order valence-corrected chi connectivity index (χ4v) is 2.76. The number of nitrogens with one attached hydrogen (secondary N) is 1. The van der Waals surface area contributed by atoms with Gasteiger partial charge in [-0.2, -0.15) is 4.98 Å². The quantitative estimate of drug-likeness (QED) is 0.838. The molecular weight excluding hydrogens is 308 g/mol. The number of hydrogen-bond acceptors (Lipinski definition) is 5. The zero-order valence-electron chi connectivity index (χ0n) is 11.4. The molecule has 6 heteroatoms. The van der Waals surface area contributed by atoms with E-state index >= 15 is 0 Å². The van der Waals surface area contributed by atoms with Crippen LogP contribution >= 0.6 is 15.9 Å². The lowest BCUT2D eigenvalue weighted by atomic mass is 9.82. The van der Waals surface area contributed by atoms with Gasteiger partial charge in [-0.3, -0.25) is 0 Å². The number of aliphatic hydroxyl groups excluding tert-OH is 1. The van der Waals surface area contributed by atoms with E-state index in [0.29, 0.717) is 11.9 Å². The third-order valence-corrected chi connectivity index (χ3v) is 3.92. The molecule has 106 valence electrons. The number of anilines is 2. The number of aromatic nitrogens is 2. The van der Waals surface area contributed by atoms with Gasteiger partial charge in [-0.15, -0.1) is 0 Å². The summed E-state index contributed by atoms with van der Waals surface area (Å²) in [5.74, 6) is 2.13. The van der Waals surface area contributed by atoms with Crippen LogP contribution in [0.4, 0.5) is 11.8 Å². The molecule has 1 aliphatic rings. The van der Waals surface area contributed by atoms with Crippen LogP contribution in [0.2, 0.25) is 0 Å². The Morgan fingerprint density at radius 3 is 2.89 bits per heavy atom. The van der Waals surface area contributed by atoms with Crippen LogP contribution < -0.4 is 10.2 Å². The highest BCUT2D eigenvalue weighted by molar-refractivity contribution is 9.10. The molecule has 1 fully saturated rings. The van der Waals surface area contributed by atoms with Crippen molar-refractivity contribution in [3.8, 4) is 0 Å². The van der Waals surface area contributed by atoms with Gasteiger partial charge in [0.2, 0.25) is 5.95 Å². The van der Waals surface area contributed by atoms with Crippen LogP contribution in [0.1, 0.15) is 26.2 Å². The summed E-state index contributed by atoms with van der Waals surface area (Å²) in [6.07, 6.45) is 4.52. The molecule has 0 bridgehead atoms. The van der Waals surface area contributed by atoms with Gasteiger partial charge in [-0.25, -0.2) is 4.98 Å². The van der Waals surface area contributed by atoms with Crippen molar-refractivity contribution in [1.29, 1.82) is 0 Å². The van der Waals surface area contributed by atoms with Gasteiger partial charge >= 0.3 is 0 Å². The van der Waals surface area contributed by atoms with Gasteiger partial charge in [0.25, 0.3) is 0 Å². The van der Waals surface area contributed by atoms with Crippen molar-refractivity contribution in [2.75, 3.05) is 30.4 Å². The van der Waals surface area contributed by atoms with Crippen LogP contribution in [0.3, 0.4) is 0 Å². The maximum Gasteiger partial charge on any atom is 0.224 e. The molecule has 0 amide bonds. The molecule has 19 heavy (non-hydrogen) atoms. The van der Waals surface area contributed by atoms with Crippen molar-refractivity contribution < 1.29 is 5.11 Å². The fraction of sp³-hybridized carbons (Fsp3) is 0.692. The van der Waals surface area contributed by atoms with E-state index in [-0.39, 0.29) is 6.10 Å². The van der Waals surface area contributed by atoms with Crippen molar-refractivity contribution in [2.45, 2.75) is 32.3 Å². The summed E-state index contributed by atoms with van der Waals surface area (Å²) in [5.41, 5.74) is 0. The van der Waals surface area contributed by atoms with Gasteiger partial charge in [0.15, 0.2) is 0 Å². The summed E-state index contributed by atoms with van der Waals surface area (Å²) < 4.78 is 0.900. The minimum atomic E-state index is -0.103.